The Balaban J connectivity index is 1.90. The molecular formula is C27H39N3S. The molecule has 4 heterocycles. The first kappa shape index (κ1) is 22.3. The predicted molar refractivity (Wildman–Crippen MR) is 138 cm³/mol. The largest absolute Gasteiger partial charge is 0.350 e. The molecular weight excluding hydrogens is 398 g/mol. The molecule has 3 N–H and O–H groups in total. The number of fused-ring (bicyclic) bond motifs is 2. The van der Waals surface area contributed by atoms with Crippen LogP contribution in [0.5, 0.6) is 0 Å². The van der Waals surface area contributed by atoms with Crippen molar-refractivity contribution >= 4 is 32.6 Å². The number of aromatic nitrogens is 3. The van der Waals surface area contributed by atoms with Gasteiger partial charge in [-0.2, -0.15) is 0 Å². The molecule has 0 aliphatic carbocycles. The summed E-state index contributed by atoms with van der Waals surface area (Å²) in [4.78, 5) is 13.8. The number of rotatable bonds is 2. The van der Waals surface area contributed by atoms with Crippen molar-refractivity contribution in [1.29, 1.82) is 0 Å². The molecule has 0 aliphatic rings. The molecule has 0 aliphatic heterocycles. The van der Waals surface area contributed by atoms with Crippen LogP contribution in [0.2, 0.25) is 0 Å². The van der Waals surface area contributed by atoms with Gasteiger partial charge >= 0.3 is 0 Å². The van der Waals surface area contributed by atoms with Crippen molar-refractivity contribution < 1.29 is 0 Å². The van der Waals surface area contributed by atoms with Crippen molar-refractivity contribution in [3.63, 3.8) is 0 Å². The lowest BCUT2D eigenvalue weighted by atomic mass is 9.78. The van der Waals surface area contributed by atoms with Crippen molar-refractivity contribution in [3.05, 3.63) is 34.6 Å². The molecule has 31 heavy (non-hydrogen) atoms. The summed E-state index contributed by atoms with van der Waals surface area (Å²) < 4.78 is 0. The number of hydrogen-bond donors (Lipinski definition) is 3. The number of thiophene rings is 1. The summed E-state index contributed by atoms with van der Waals surface area (Å²) in [5.74, 6) is 0.492. The molecule has 0 saturated carbocycles. The third-order valence-corrected chi connectivity index (χ3v) is 7.28. The van der Waals surface area contributed by atoms with Crippen molar-refractivity contribution in [2.24, 2.45) is 0 Å². The second kappa shape index (κ2) is 6.78. The van der Waals surface area contributed by atoms with Crippen LogP contribution in [0.3, 0.4) is 0 Å². The van der Waals surface area contributed by atoms with E-state index in [4.69, 9.17) is 0 Å². The van der Waals surface area contributed by atoms with Gasteiger partial charge in [0.05, 0.1) is 10.6 Å². The van der Waals surface area contributed by atoms with Gasteiger partial charge in [-0.05, 0) is 40.0 Å². The molecule has 168 valence electrons. The molecule has 0 spiro atoms. The third-order valence-electron chi connectivity index (χ3n) is 6.20. The lowest BCUT2D eigenvalue weighted by Crippen LogP contribution is -2.21. The van der Waals surface area contributed by atoms with Crippen LogP contribution in [0.15, 0.2) is 12.1 Å². The molecule has 0 radical (unpaired) electrons. The average molecular weight is 438 g/mol. The lowest BCUT2D eigenvalue weighted by Gasteiger charge is -2.26. The molecule has 4 rings (SSSR count). The van der Waals surface area contributed by atoms with Gasteiger partial charge in [-0.25, -0.2) is 0 Å². The summed E-state index contributed by atoms with van der Waals surface area (Å²) in [5.41, 5.74) is 8.21. The van der Waals surface area contributed by atoms with E-state index in [0.29, 0.717) is 5.92 Å². The van der Waals surface area contributed by atoms with Gasteiger partial charge < -0.3 is 15.0 Å². The van der Waals surface area contributed by atoms with Crippen LogP contribution < -0.4 is 0 Å². The fourth-order valence-electron chi connectivity index (χ4n) is 4.92. The third kappa shape index (κ3) is 3.67. The van der Waals surface area contributed by atoms with E-state index in [2.05, 4.69) is 103 Å². The Kier molecular flexibility index (Phi) is 4.87. The maximum atomic E-state index is 3.75. The van der Waals surface area contributed by atoms with Gasteiger partial charge in [-0.15, -0.1) is 11.3 Å². The monoisotopic (exact) mass is 437 g/mol. The van der Waals surface area contributed by atoms with Crippen molar-refractivity contribution in [3.8, 4) is 10.6 Å². The van der Waals surface area contributed by atoms with Gasteiger partial charge in [0.25, 0.3) is 0 Å². The molecule has 4 aromatic heterocycles. The molecule has 4 aromatic rings. The normalized spacial score (nSPS) is 13.9. The SMILES string of the molecule is CC(C)c1[nH]c2sc(-c3cc4c(C(C)(C)C)c(C(C)(C)C)[nH]c4[nH]3)cc2c1C(C)(C)C. The van der Waals surface area contributed by atoms with Crippen LogP contribution in [0, 0.1) is 0 Å². The van der Waals surface area contributed by atoms with E-state index < -0.39 is 0 Å². The minimum absolute atomic E-state index is 0.0768. The average Bonchev–Trinajstić information content (AvgIpc) is 3.27. The topological polar surface area (TPSA) is 47.4 Å². The number of hydrogen-bond acceptors (Lipinski definition) is 1. The van der Waals surface area contributed by atoms with E-state index >= 15 is 0 Å². The minimum atomic E-state index is 0.0768. The highest BCUT2D eigenvalue weighted by molar-refractivity contribution is 7.21. The first-order valence-corrected chi connectivity index (χ1v) is 12.3. The Morgan fingerprint density at radius 1 is 0.710 bits per heavy atom. The fourth-order valence-corrected chi connectivity index (χ4v) is 5.97. The molecule has 0 saturated heterocycles. The van der Waals surface area contributed by atoms with Crippen molar-refractivity contribution in [2.75, 3.05) is 0 Å². The van der Waals surface area contributed by atoms with Crippen LogP contribution >= 0.6 is 11.3 Å². The Morgan fingerprint density at radius 3 is 1.84 bits per heavy atom. The Labute approximate surface area is 191 Å². The molecule has 0 bridgehead atoms. The molecule has 0 atom stereocenters. The Morgan fingerprint density at radius 2 is 1.32 bits per heavy atom. The molecule has 3 nitrogen and oxygen atoms in total. The molecule has 0 fully saturated rings. The van der Waals surface area contributed by atoms with E-state index in [0.717, 1.165) is 5.65 Å². The highest BCUT2D eigenvalue weighted by Gasteiger charge is 2.31. The zero-order chi connectivity index (χ0) is 23.1. The Hall–Kier alpha value is -1.94. The predicted octanol–water partition coefficient (Wildman–Crippen LogP) is 8.72. The summed E-state index contributed by atoms with van der Waals surface area (Å²) in [6.45, 7) is 25.3. The van der Waals surface area contributed by atoms with E-state index in [-0.39, 0.29) is 16.2 Å². The summed E-state index contributed by atoms with van der Waals surface area (Å²) >= 11 is 1.86. The molecule has 4 heteroatoms. The number of nitrogens with one attached hydrogen (secondary N) is 3. The molecule has 0 unspecified atom stereocenters. The zero-order valence-corrected chi connectivity index (χ0v) is 22.0. The highest BCUT2D eigenvalue weighted by Crippen LogP contribution is 2.45. The lowest BCUT2D eigenvalue weighted by molar-refractivity contribution is 0.524. The van der Waals surface area contributed by atoms with Gasteiger partial charge in [0.1, 0.15) is 10.5 Å². The molecule has 0 aromatic carbocycles. The van der Waals surface area contributed by atoms with Crippen molar-refractivity contribution in [2.45, 2.75) is 98.3 Å². The molecule has 0 amide bonds. The van der Waals surface area contributed by atoms with E-state index in [1.54, 1.807) is 0 Å². The smallest absolute Gasteiger partial charge is 0.115 e. The van der Waals surface area contributed by atoms with Crippen LogP contribution in [-0.2, 0) is 16.2 Å². The first-order valence-electron chi connectivity index (χ1n) is 11.5. The maximum absolute atomic E-state index is 3.75. The first-order chi connectivity index (χ1) is 14.1. The summed E-state index contributed by atoms with van der Waals surface area (Å²) in [6.07, 6.45) is 0. The van der Waals surface area contributed by atoms with Crippen LogP contribution in [-0.4, -0.2) is 15.0 Å². The highest BCUT2D eigenvalue weighted by atomic mass is 32.1. The van der Waals surface area contributed by atoms with Gasteiger partial charge in [0.2, 0.25) is 0 Å². The summed E-state index contributed by atoms with van der Waals surface area (Å²) in [7, 11) is 0. The van der Waals surface area contributed by atoms with Crippen LogP contribution in [0.1, 0.15) is 105 Å². The van der Waals surface area contributed by atoms with E-state index in [9.17, 15) is 0 Å². The number of aromatic amines is 3. The fraction of sp³-hybridized carbons (Fsp3) is 0.556. The van der Waals surface area contributed by atoms with Crippen molar-refractivity contribution in [1.82, 2.24) is 15.0 Å². The van der Waals surface area contributed by atoms with E-state index in [1.165, 1.54) is 48.7 Å². The summed E-state index contributed by atoms with van der Waals surface area (Å²) in [6, 6.07) is 4.74. The standard InChI is InChI=1S/C27H39N3S/c1-14(2)21-19(25(3,4)5)16-13-18(31-24(16)29-21)17-12-15-20(26(6,7)8)22(27(9,10)11)30-23(15)28-17/h12-14,28-30H,1-11H3. The minimum Gasteiger partial charge on any atom is -0.350 e. The zero-order valence-electron chi connectivity index (χ0n) is 21.1. The number of H-pyrrole nitrogens is 3. The summed E-state index contributed by atoms with van der Waals surface area (Å²) in [5, 5.41) is 2.70. The van der Waals surface area contributed by atoms with Gasteiger partial charge in [-0.3, -0.25) is 0 Å². The van der Waals surface area contributed by atoms with Gasteiger partial charge in [0, 0.05) is 27.6 Å². The Bertz CT molecular complexity index is 1250. The van der Waals surface area contributed by atoms with Gasteiger partial charge in [0.15, 0.2) is 0 Å². The van der Waals surface area contributed by atoms with Crippen LogP contribution in [0.25, 0.3) is 31.8 Å². The van der Waals surface area contributed by atoms with Crippen LogP contribution in [0.4, 0.5) is 0 Å². The second-order valence-corrected chi connectivity index (χ2v) is 13.6. The maximum Gasteiger partial charge on any atom is 0.115 e. The van der Waals surface area contributed by atoms with Gasteiger partial charge in [-0.1, -0.05) is 76.2 Å². The van der Waals surface area contributed by atoms with E-state index in [1.807, 2.05) is 11.3 Å². The quantitative estimate of drug-likeness (QED) is 0.281. The second-order valence-electron chi connectivity index (χ2n) is 12.5.